The van der Waals surface area contributed by atoms with Crippen LogP contribution in [0, 0.1) is 5.41 Å². The maximum absolute atomic E-state index is 10.6. The van der Waals surface area contributed by atoms with Crippen molar-refractivity contribution in [1.82, 2.24) is 0 Å². The summed E-state index contributed by atoms with van der Waals surface area (Å²) in [6.45, 7) is 2.21. The standard InChI is InChI=1S/C12H22O2/c1-11-6-3-8-12(11,14)7-2-4-10(13)5-9-11/h10,13-14H,2-9H2,1H3/t10-,11+,12-/m0/s1. The summed E-state index contributed by atoms with van der Waals surface area (Å²) in [7, 11) is 0. The van der Waals surface area contributed by atoms with Gasteiger partial charge in [-0.3, -0.25) is 0 Å². The van der Waals surface area contributed by atoms with Crippen molar-refractivity contribution in [1.29, 1.82) is 0 Å². The second-order valence-corrected chi connectivity index (χ2v) is 5.53. The zero-order valence-electron chi connectivity index (χ0n) is 9.13. The third-order valence-electron chi connectivity index (χ3n) is 4.60. The van der Waals surface area contributed by atoms with Crippen LogP contribution < -0.4 is 0 Å². The third-order valence-corrected chi connectivity index (χ3v) is 4.60. The molecule has 0 unspecified atom stereocenters. The van der Waals surface area contributed by atoms with Gasteiger partial charge in [0, 0.05) is 0 Å². The van der Waals surface area contributed by atoms with Gasteiger partial charge in [0.1, 0.15) is 0 Å². The molecule has 0 heterocycles. The Balaban J connectivity index is 2.14. The van der Waals surface area contributed by atoms with Crippen LogP contribution in [0.5, 0.6) is 0 Å². The molecule has 2 N–H and O–H groups in total. The van der Waals surface area contributed by atoms with Crippen LogP contribution in [-0.2, 0) is 0 Å². The van der Waals surface area contributed by atoms with Crippen molar-refractivity contribution in [3.05, 3.63) is 0 Å². The van der Waals surface area contributed by atoms with Crippen LogP contribution in [0.2, 0.25) is 0 Å². The van der Waals surface area contributed by atoms with Gasteiger partial charge >= 0.3 is 0 Å². The highest BCUT2D eigenvalue weighted by molar-refractivity contribution is 5.02. The maximum Gasteiger partial charge on any atom is 0.0701 e. The number of hydrogen-bond acceptors (Lipinski definition) is 2. The topological polar surface area (TPSA) is 40.5 Å². The number of rotatable bonds is 0. The third kappa shape index (κ3) is 1.59. The molecule has 2 heteroatoms. The minimum atomic E-state index is -0.423. The first kappa shape index (κ1) is 10.4. The van der Waals surface area contributed by atoms with Crippen LogP contribution in [0.25, 0.3) is 0 Å². The van der Waals surface area contributed by atoms with Gasteiger partial charge in [-0.05, 0) is 56.8 Å². The van der Waals surface area contributed by atoms with Crippen molar-refractivity contribution < 1.29 is 10.2 Å². The summed E-state index contributed by atoms with van der Waals surface area (Å²) in [5.74, 6) is 0. The molecule has 0 aromatic heterocycles. The lowest BCUT2D eigenvalue weighted by atomic mass is 9.68. The summed E-state index contributed by atoms with van der Waals surface area (Å²) in [5, 5.41) is 20.2. The van der Waals surface area contributed by atoms with Crippen molar-refractivity contribution in [3.8, 4) is 0 Å². The van der Waals surface area contributed by atoms with Gasteiger partial charge in [0.05, 0.1) is 11.7 Å². The van der Waals surface area contributed by atoms with E-state index in [0.29, 0.717) is 0 Å². The molecule has 0 aliphatic heterocycles. The first-order valence-corrected chi connectivity index (χ1v) is 5.96. The van der Waals surface area contributed by atoms with Crippen LogP contribution in [0.15, 0.2) is 0 Å². The van der Waals surface area contributed by atoms with Gasteiger partial charge in [0.15, 0.2) is 0 Å². The smallest absolute Gasteiger partial charge is 0.0701 e. The van der Waals surface area contributed by atoms with Crippen LogP contribution in [0.4, 0.5) is 0 Å². The van der Waals surface area contributed by atoms with Crippen LogP contribution >= 0.6 is 0 Å². The van der Waals surface area contributed by atoms with E-state index in [1.54, 1.807) is 0 Å². The van der Waals surface area contributed by atoms with Crippen molar-refractivity contribution in [3.63, 3.8) is 0 Å². The Morgan fingerprint density at radius 3 is 2.50 bits per heavy atom. The Kier molecular flexibility index (Phi) is 2.61. The lowest BCUT2D eigenvalue weighted by Crippen LogP contribution is -2.43. The van der Waals surface area contributed by atoms with Gasteiger partial charge in [-0.25, -0.2) is 0 Å². The molecule has 2 nitrogen and oxygen atoms in total. The molecule has 0 aromatic carbocycles. The molecule has 0 radical (unpaired) electrons. The molecular formula is C12H22O2. The molecule has 2 fully saturated rings. The minimum absolute atomic E-state index is 0.0778. The Hall–Kier alpha value is -0.0800. The first-order chi connectivity index (χ1) is 6.56. The zero-order valence-corrected chi connectivity index (χ0v) is 9.13. The molecule has 3 atom stereocenters. The zero-order chi connectivity index (χ0) is 10.2. The fourth-order valence-electron chi connectivity index (χ4n) is 3.35. The number of hydrogen-bond donors (Lipinski definition) is 2. The molecule has 82 valence electrons. The van der Waals surface area contributed by atoms with E-state index in [1.165, 1.54) is 0 Å². The predicted octanol–water partition coefficient (Wildman–Crippen LogP) is 2.23. The molecule has 0 saturated heterocycles. The highest BCUT2D eigenvalue weighted by atomic mass is 16.3. The lowest BCUT2D eigenvalue weighted by molar-refractivity contribution is -0.0784. The average Bonchev–Trinajstić information content (AvgIpc) is 2.39. The molecule has 2 rings (SSSR count). The largest absolute Gasteiger partial charge is 0.393 e. The Bertz CT molecular complexity index is 216. The Morgan fingerprint density at radius 1 is 1.00 bits per heavy atom. The molecular weight excluding hydrogens is 176 g/mol. The second kappa shape index (κ2) is 3.49. The highest BCUT2D eigenvalue weighted by Crippen LogP contribution is 2.52. The molecule has 0 aromatic rings. The van der Waals surface area contributed by atoms with E-state index in [-0.39, 0.29) is 11.5 Å². The first-order valence-electron chi connectivity index (χ1n) is 5.96. The highest BCUT2D eigenvalue weighted by Gasteiger charge is 2.50. The number of fused-ring (bicyclic) bond motifs is 1. The SMILES string of the molecule is C[C@]12CCC[C@@]1(O)CCC[C@H](O)CC2. The van der Waals surface area contributed by atoms with E-state index in [1.807, 2.05) is 0 Å². The summed E-state index contributed by atoms with van der Waals surface area (Å²) in [6, 6.07) is 0. The van der Waals surface area contributed by atoms with Crippen molar-refractivity contribution in [2.75, 3.05) is 0 Å². The number of aliphatic hydroxyl groups is 2. The van der Waals surface area contributed by atoms with Crippen LogP contribution in [-0.4, -0.2) is 21.9 Å². The van der Waals surface area contributed by atoms with Crippen LogP contribution in [0.1, 0.15) is 58.3 Å². The number of aliphatic hydroxyl groups excluding tert-OH is 1. The van der Waals surface area contributed by atoms with Gasteiger partial charge < -0.3 is 10.2 Å². The summed E-state index contributed by atoms with van der Waals surface area (Å²) < 4.78 is 0. The van der Waals surface area contributed by atoms with Crippen molar-refractivity contribution >= 4 is 0 Å². The van der Waals surface area contributed by atoms with E-state index < -0.39 is 5.60 Å². The fraction of sp³-hybridized carbons (Fsp3) is 1.00. The molecule has 14 heavy (non-hydrogen) atoms. The fourth-order valence-corrected chi connectivity index (χ4v) is 3.35. The van der Waals surface area contributed by atoms with E-state index >= 15 is 0 Å². The molecule has 2 aliphatic carbocycles. The normalized spacial score (nSPS) is 49.5. The summed E-state index contributed by atoms with van der Waals surface area (Å²) >= 11 is 0. The van der Waals surface area contributed by atoms with E-state index in [9.17, 15) is 10.2 Å². The van der Waals surface area contributed by atoms with E-state index in [4.69, 9.17) is 0 Å². The van der Waals surface area contributed by atoms with E-state index in [0.717, 1.165) is 51.4 Å². The molecule has 2 saturated carbocycles. The van der Waals surface area contributed by atoms with Crippen molar-refractivity contribution in [2.45, 2.75) is 70.0 Å². The van der Waals surface area contributed by atoms with Crippen molar-refractivity contribution in [2.24, 2.45) is 5.41 Å². The molecule has 0 spiro atoms. The Morgan fingerprint density at radius 2 is 1.71 bits per heavy atom. The summed E-state index contributed by atoms with van der Waals surface area (Å²) in [4.78, 5) is 0. The quantitative estimate of drug-likeness (QED) is 0.626. The van der Waals surface area contributed by atoms with E-state index in [2.05, 4.69) is 6.92 Å². The summed E-state index contributed by atoms with van der Waals surface area (Å²) in [6.07, 6.45) is 7.74. The maximum atomic E-state index is 10.6. The lowest BCUT2D eigenvalue weighted by Gasteiger charge is -2.42. The van der Waals surface area contributed by atoms with Gasteiger partial charge in [0.2, 0.25) is 0 Å². The molecule has 0 amide bonds. The summed E-state index contributed by atoms with van der Waals surface area (Å²) in [5.41, 5.74) is -0.346. The minimum Gasteiger partial charge on any atom is -0.393 e. The predicted molar refractivity (Wildman–Crippen MR) is 56.0 cm³/mol. The molecule has 0 bridgehead atoms. The Labute approximate surface area is 86.3 Å². The van der Waals surface area contributed by atoms with Gasteiger partial charge in [-0.1, -0.05) is 6.92 Å². The van der Waals surface area contributed by atoms with Gasteiger partial charge in [-0.15, -0.1) is 0 Å². The van der Waals surface area contributed by atoms with Crippen LogP contribution in [0.3, 0.4) is 0 Å². The second-order valence-electron chi connectivity index (χ2n) is 5.53. The molecule has 2 aliphatic rings. The van der Waals surface area contributed by atoms with Gasteiger partial charge in [0.25, 0.3) is 0 Å². The average molecular weight is 198 g/mol. The monoisotopic (exact) mass is 198 g/mol. The van der Waals surface area contributed by atoms with Gasteiger partial charge in [-0.2, -0.15) is 0 Å².